The average Bonchev–Trinajstić information content (AvgIpc) is 2.76. The van der Waals surface area contributed by atoms with Crippen molar-refractivity contribution in [3.63, 3.8) is 0 Å². The highest BCUT2D eigenvalue weighted by atomic mass is 35.7. The fourth-order valence-electron chi connectivity index (χ4n) is 4.44. The summed E-state index contributed by atoms with van der Waals surface area (Å²) in [6, 6.07) is 16.6. The molecular formula is C24H21ClO7. The van der Waals surface area contributed by atoms with Gasteiger partial charge >= 0.3 is 17.5 Å². The van der Waals surface area contributed by atoms with Crippen LogP contribution in [0.15, 0.2) is 52.9 Å². The van der Waals surface area contributed by atoms with Crippen molar-refractivity contribution in [2.75, 3.05) is 6.61 Å². The summed E-state index contributed by atoms with van der Waals surface area (Å²) in [5, 5.41) is 0. The van der Waals surface area contributed by atoms with Crippen LogP contribution in [0.3, 0.4) is 0 Å². The highest BCUT2D eigenvalue weighted by Crippen LogP contribution is 2.44. The Morgan fingerprint density at radius 3 is 1.72 bits per heavy atom. The van der Waals surface area contributed by atoms with Crippen molar-refractivity contribution in [1.82, 2.24) is 0 Å². The normalized spacial score (nSPS) is 13.5. The Kier molecular flexibility index (Phi) is 6.28. The number of ether oxygens (including phenoxy) is 1. The van der Waals surface area contributed by atoms with Crippen LogP contribution in [-0.4, -0.2) is 12.6 Å². The second-order valence-corrected chi connectivity index (χ2v) is 8.26. The summed E-state index contributed by atoms with van der Waals surface area (Å²) in [6.45, 7) is 2.23. The first-order valence-electron chi connectivity index (χ1n) is 10.2. The molecule has 0 N–H and O–H groups in total. The van der Waals surface area contributed by atoms with Gasteiger partial charge in [-0.1, -0.05) is 36.4 Å². The molecule has 0 atom stereocenters. The number of hydrogen-bond acceptors (Lipinski definition) is 6. The molecule has 2 aliphatic carbocycles. The highest BCUT2D eigenvalue weighted by molar-refractivity contribution is 5.97. The van der Waals surface area contributed by atoms with E-state index in [2.05, 4.69) is 36.4 Å². The van der Waals surface area contributed by atoms with Crippen LogP contribution in [0.4, 0.5) is 0 Å². The summed E-state index contributed by atoms with van der Waals surface area (Å²) in [6.07, 6.45) is 3.44. The maximum atomic E-state index is 12.9. The van der Waals surface area contributed by atoms with Crippen LogP contribution < -0.4 is 18.6 Å². The molecule has 0 amide bonds. The van der Waals surface area contributed by atoms with Gasteiger partial charge in [0.1, 0.15) is 0 Å². The molecule has 0 fully saturated rings. The third-order valence-electron chi connectivity index (χ3n) is 5.65. The largest absolute Gasteiger partial charge is 0.462 e. The molecule has 0 bridgehead atoms. The molecule has 7 nitrogen and oxygen atoms in total. The fourth-order valence-corrected chi connectivity index (χ4v) is 4.44. The van der Waals surface area contributed by atoms with E-state index in [4.69, 9.17) is 27.8 Å². The molecule has 166 valence electrons. The number of fused-ring (bicyclic) bond motifs is 6. The molecule has 2 aliphatic rings. The van der Waals surface area contributed by atoms with Gasteiger partial charge < -0.3 is 4.74 Å². The fraction of sp³-hybridized carbons (Fsp3) is 0.250. The second-order valence-electron chi connectivity index (χ2n) is 7.51. The van der Waals surface area contributed by atoms with Crippen LogP contribution in [-0.2, 0) is 30.4 Å². The number of aryl methyl sites for hydroxylation is 2. The lowest BCUT2D eigenvalue weighted by Gasteiger charge is -2.20. The van der Waals surface area contributed by atoms with Gasteiger partial charge in [0.15, 0.2) is 0 Å². The Bertz CT molecular complexity index is 1090. The number of carbonyl (C=O) groups excluding carboxylic acids is 1. The number of halogens is 1. The van der Waals surface area contributed by atoms with E-state index in [0.29, 0.717) is 6.61 Å². The van der Waals surface area contributed by atoms with Crippen molar-refractivity contribution in [3.05, 3.63) is 76.3 Å². The van der Waals surface area contributed by atoms with Gasteiger partial charge in [-0.15, -0.1) is 10.2 Å². The first-order chi connectivity index (χ1) is 15.3. The maximum absolute atomic E-state index is 12.9. The highest BCUT2D eigenvalue weighted by Gasteiger charge is 2.39. The first kappa shape index (κ1) is 22.4. The lowest BCUT2D eigenvalue weighted by molar-refractivity contribution is -2.00. The van der Waals surface area contributed by atoms with Crippen molar-refractivity contribution in [1.29, 1.82) is 0 Å². The maximum Gasteiger partial charge on any atom is 0.365 e. The summed E-state index contributed by atoms with van der Waals surface area (Å²) in [5.74, 6) is 1.44. The van der Waals surface area contributed by atoms with E-state index < -0.39 is 10.2 Å². The van der Waals surface area contributed by atoms with Crippen LogP contribution in [0, 0.1) is 10.2 Å². The molecule has 0 saturated heterocycles. The second kappa shape index (κ2) is 8.97. The van der Waals surface area contributed by atoms with Crippen LogP contribution in [0.1, 0.15) is 39.5 Å². The number of carbonyl (C=O) groups is 1. The molecule has 0 spiro atoms. The molecule has 1 aromatic heterocycles. The number of rotatable bonds is 2. The summed E-state index contributed by atoms with van der Waals surface area (Å²) in [5.41, 5.74) is 7.47. The van der Waals surface area contributed by atoms with E-state index in [-0.39, 0.29) is 5.97 Å². The van der Waals surface area contributed by atoms with Gasteiger partial charge in [-0.05, 0) is 55.9 Å². The van der Waals surface area contributed by atoms with Gasteiger partial charge in [-0.25, -0.2) is 27.8 Å². The van der Waals surface area contributed by atoms with E-state index in [1.807, 2.05) is 19.1 Å². The zero-order valence-electron chi connectivity index (χ0n) is 17.4. The quantitative estimate of drug-likeness (QED) is 0.405. The number of hydrogen-bond donors (Lipinski definition) is 0. The predicted molar refractivity (Wildman–Crippen MR) is 105 cm³/mol. The minimum atomic E-state index is -4.94. The van der Waals surface area contributed by atoms with E-state index >= 15 is 0 Å². The van der Waals surface area contributed by atoms with Crippen LogP contribution in [0.2, 0.25) is 0 Å². The SMILES string of the molecule is CCOC(=O)c1c2c([o+]c3c1CCc1ccccc1-3)-c1ccccc1CC2.[O-][Cl+3]([O-])([O-])[O-]. The van der Waals surface area contributed by atoms with Gasteiger partial charge in [0.05, 0.1) is 34.4 Å². The van der Waals surface area contributed by atoms with Crippen LogP contribution in [0.25, 0.3) is 22.6 Å². The van der Waals surface area contributed by atoms with Crippen molar-refractivity contribution in [2.24, 2.45) is 0 Å². The molecule has 1 heterocycles. The molecule has 5 rings (SSSR count). The lowest BCUT2D eigenvalue weighted by atomic mass is 9.81. The minimum Gasteiger partial charge on any atom is -0.462 e. The van der Waals surface area contributed by atoms with Gasteiger partial charge in [0.2, 0.25) is 0 Å². The monoisotopic (exact) mass is 456 g/mol. The third-order valence-corrected chi connectivity index (χ3v) is 5.65. The molecule has 0 radical (unpaired) electrons. The lowest BCUT2D eigenvalue weighted by Crippen LogP contribution is -2.68. The molecule has 0 unspecified atom stereocenters. The van der Waals surface area contributed by atoms with Crippen LogP contribution >= 0.6 is 0 Å². The zero-order chi connectivity index (χ0) is 22.9. The van der Waals surface area contributed by atoms with Gasteiger partial charge in [-0.3, -0.25) is 0 Å². The topological polar surface area (TPSA) is 130 Å². The molecule has 8 heteroatoms. The van der Waals surface area contributed by atoms with E-state index in [1.165, 1.54) is 11.1 Å². The molecular weight excluding hydrogens is 436 g/mol. The van der Waals surface area contributed by atoms with Crippen LogP contribution in [0.5, 0.6) is 0 Å². The first-order valence-corrected chi connectivity index (χ1v) is 11.5. The third kappa shape index (κ3) is 4.53. The summed E-state index contributed by atoms with van der Waals surface area (Å²) >= 11 is 0. The molecule has 3 aromatic rings. The zero-order valence-corrected chi connectivity index (χ0v) is 18.1. The standard InChI is InChI=1S/C24H21O3.ClHO4/c1-2-26-24(25)21-19-13-11-15-7-3-5-9-17(15)22(19)27-23-18-10-6-4-8-16(18)12-14-20(21)23;2-1(3,4)5/h3-10H,2,11-14H2,1H3;(H,2,3,4,5)/q+1;/p-1. The van der Waals surface area contributed by atoms with Gasteiger partial charge in [0, 0.05) is 0 Å². The van der Waals surface area contributed by atoms with E-state index in [9.17, 15) is 4.79 Å². The summed E-state index contributed by atoms with van der Waals surface area (Å²) < 4.78 is 46.0. The van der Waals surface area contributed by atoms with Crippen molar-refractivity contribution in [2.45, 2.75) is 32.6 Å². The molecule has 0 saturated carbocycles. The number of esters is 1. The Labute approximate surface area is 187 Å². The van der Waals surface area contributed by atoms with Crippen molar-refractivity contribution in [3.8, 4) is 22.6 Å². The smallest absolute Gasteiger partial charge is 0.365 e. The predicted octanol–water partition coefficient (Wildman–Crippen LogP) is 0.513. The Morgan fingerprint density at radius 1 is 0.844 bits per heavy atom. The van der Waals surface area contributed by atoms with E-state index in [0.717, 1.165) is 65.0 Å². The van der Waals surface area contributed by atoms with Gasteiger partial charge in [-0.2, -0.15) is 0 Å². The Hall–Kier alpha value is -2.81. The van der Waals surface area contributed by atoms with Crippen molar-refractivity contribution >= 4 is 5.97 Å². The summed E-state index contributed by atoms with van der Waals surface area (Å²) in [7, 11) is -4.94. The molecule has 2 aromatic carbocycles. The number of benzene rings is 2. The summed E-state index contributed by atoms with van der Waals surface area (Å²) in [4.78, 5) is 12.9. The Morgan fingerprint density at radius 2 is 1.28 bits per heavy atom. The minimum absolute atomic E-state index is 0.223. The average molecular weight is 457 g/mol. The van der Waals surface area contributed by atoms with Crippen molar-refractivity contribution < 1.29 is 42.8 Å². The Balaban J connectivity index is 0.000000444. The molecule has 0 aliphatic heterocycles. The molecule has 32 heavy (non-hydrogen) atoms. The van der Waals surface area contributed by atoms with Gasteiger partial charge in [0.25, 0.3) is 0 Å². The van der Waals surface area contributed by atoms with E-state index in [1.54, 1.807) is 0 Å².